The highest BCUT2D eigenvalue weighted by molar-refractivity contribution is 5.69. The van der Waals surface area contributed by atoms with Crippen molar-refractivity contribution in [3.8, 4) is 0 Å². The second kappa shape index (κ2) is 4.00. The monoisotopic (exact) mass is 215 g/mol. The van der Waals surface area contributed by atoms with Gasteiger partial charge in [-0.05, 0) is 40.5 Å². The summed E-state index contributed by atoms with van der Waals surface area (Å²) >= 11 is 0. The van der Waals surface area contributed by atoms with Gasteiger partial charge in [0.05, 0.1) is 12.1 Å². The van der Waals surface area contributed by atoms with Gasteiger partial charge in [0.15, 0.2) is 0 Å². The maximum Gasteiger partial charge on any atom is 0.410 e. The van der Waals surface area contributed by atoms with Gasteiger partial charge >= 0.3 is 6.09 Å². The molecule has 88 valence electrons. The molecule has 0 spiro atoms. The number of aliphatic hydroxyl groups excluding tert-OH is 1. The predicted octanol–water partition coefficient (Wildman–Crippen LogP) is 1.77. The predicted molar refractivity (Wildman–Crippen MR) is 57.7 cm³/mol. The van der Waals surface area contributed by atoms with E-state index in [1.54, 1.807) is 4.90 Å². The van der Waals surface area contributed by atoms with E-state index in [4.69, 9.17) is 4.74 Å². The summed E-state index contributed by atoms with van der Waals surface area (Å²) in [4.78, 5) is 13.5. The molecule has 1 amide bonds. The molecule has 0 unspecified atom stereocenters. The van der Waals surface area contributed by atoms with Crippen LogP contribution in [-0.4, -0.2) is 40.4 Å². The van der Waals surface area contributed by atoms with E-state index >= 15 is 0 Å². The van der Waals surface area contributed by atoms with Gasteiger partial charge < -0.3 is 14.7 Å². The van der Waals surface area contributed by atoms with Crippen molar-refractivity contribution >= 4 is 6.09 Å². The Bertz CT molecular complexity index is 247. The van der Waals surface area contributed by atoms with Crippen LogP contribution < -0.4 is 0 Å². The average Bonchev–Trinajstić information content (AvgIpc) is 2.45. The van der Waals surface area contributed by atoms with Crippen LogP contribution in [0.3, 0.4) is 0 Å². The third kappa shape index (κ3) is 2.84. The first-order chi connectivity index (χ1) is 6.78. The largest absolute Gasteiger partial charge is 0.444 e. The van der Waals surface area contributed by atoms with Crippen molar-refractivity contribution in [2.45, 2.75) is 51.7 Å². The lowest BCUT2D eigenvalue weighted by atomic mass is 10.0. The number of nitrogens with zero attached hydrogens (tertiary/aromatic N) is 1. The van der Waals surface area contributed by atoms with Crippen LogP contribution in [0.1, 0.15) is 40.5 Å². The number of amides is 1. The Morgan fingerprint density at radius 3 is 2.60 bits per heavy atom. The highest BCUT2D eigenvalue weighted by Crippen LogP contribution is 2.29. The zero-order valence-electron chi connectivity index (χ0n) is 10.0. The Morgan fingerprint density at radius 2 is 2.13 bits per heavy atom. The van der Waals surface area contributed by atoms with Crippen molar-refractivity contribution in [2.24, 2.45) is 0 Å². The number of carbonyl (C=O) groups is 1. The zero-order valence-corrected chi connectivity index (χ0v) is 10.0. The number of likely N-dealkylation sites (tertiary alicyclic amines) is 1. The molecule has 1 heterocycles. The van der Waals surface area contributed by atoms with E-state index < -0.39 is 11.1 Å². The van der Waals surface area contributed by atoms with Crippen LogP contribution in [0.2, 0.25) is 0 Å². The molecule has 4 heteroatoms. The van der Waals surface area contributed by atoms with Crippen molar-refractivity contribution in [1.29, 1.82) is 0 Å². The standard InChI is InChI=1S/C11H21NO3/c1-10(2,3)15-9(14)12-7-5-6-11(12,4)8-13/h13H,5-8H2,1-4H3/t11-/m0/s1. The van der Waals surface area contributed by atoms with Gasteiger partial charge in [-0.15, -0.1) is 0 Å². The van der Waals surface area contributed by atoms with E-state index in [1.165, 1.54) is 0 Å². The lowest BCUT2D eigenvalue weighted by Gasteiger charge is -2.34. The van der Waals surface area contributed by atoms with Crippen molar-refractivity contribution < 1.29 is 14.6 Å². The maximum atomic E-state index is 11.8. The molecule has 1 aliphatic heterocycles. The summed E-state index contributed by atoms with van der Waals surface area (Å²) < 4.78 is 5.29. The van der Waals surface area contributed by atoms with Gasteiger partial charge in [0.25, 0.3) is 0 Å². The summed E-state index contributed by atoms with van der Waals surface area (Å²) in [6, 6.07) is 0. The van der Waals surface area contributed by atoms with Crippen molar-refractivity contribution in [2.75, 3.05) is 13.2 Å². The lowest BCUT2D eigenvalue weighted by Crippen LogP contribution is -2.49. The van der Waals surface area contributed by atoms with Gasteiger partial charge in [0, 0.05) is 6.54 Å². The molecule has 1 aliphatic rings. The van der Waals surface area contributed by atoms with E-state index in [0.717, 1.165) is 12.8 Å². The van der Waals surface area contributed by atoms with Gasteiger partial charge in [-0.25, -0.2) is 4.79 Å². The van der Waals surface area contributed by atoms with Crippen LogP contribution in [0, 0.1) is 0 Å². The summed E-state index contributed by atoms with van der Waals surface area (Å²) in [5.41, 5.74) is -0.918. The van der Waals surface area contributed by atoms with Crippen LogP contribution in [0.25, 0.3) is 0 Å². The molecule has 15 heavy (non-hydrogen) atoms. The molecule has 4 nitrogen and oxygen atoms in total. The summed E-state index contributed by atoms with van der Waals surface area (Å²) in [5, 5.41) is 9.29. The molecule has 0 aromatic rings. The van der Waals surface area contributed by atoms with E-state index in [2.05, 4.69) is 0 Å². The Hall–Kier alpha value is -0.770. The highest BCUT2D eigenvalue weighted by Gasteiger charge is 2.40. The second-order valence-corrected chi connectivity index (χ2v) is 5.39. The van der Waals surface area contributed by atoms with Gasteiger partial charge in [-0.2, -0.15) is 0 Å². The molecule has 1 atom stereocenters. The van der Waals surface area contributed by atoms with E-state index in [0.29, 0.717) is 6.54 Å². The number of aliphatic hydroxyl groups is 1. The Balaban J connectivity index is 2.67. The van der Waals surface area contributed by atoms with Gasteiger partial charge in [-0.1, -0.05) is 0 Å². The van der Waals surface area contributed by atoms with Crippen LogP contribution in [0.15, 0.2) is 0 Å². The summed E-state index contributed by atoms with van der Waals surface area (Å²) in [6.45, 7) is 8.09. The number of ether oxygens (including phenoxy) is 1. The van der Waals surface area contributed by atoms with Crippen LogP contribution in [0.5, 0.6) is 0 Å². The number of hydrogen-bond acceptors (Lipinski definition) is 3. The Morgan fingerprint density at radius 1 is 1.53 bits per heavy atom. The molecule has 0 bridgehead atoms. The van der Waals surface area contributed by atoms with Crippen molar-refractivity contribution in [3.63, 3.8) is 0 Å². The van der Waals surface area contributed by atoms with Crippen molar-refractivity contribution in [1.82, 2.24) is 4.90 Å². The van der Waals surface area contributed by atoms with Gasteiger partial charge in [-0.3, -0.25) is 0 Å². The first-order valence-corrected chi connectivity index (χ1v) is 5.40. The smallest absolute Gasteiger partial charge is 0.410 e. The molecule has 0 aromatic heterocycles. The summed E-state index contributed by atoms with van der Waals surface area (Å²) in [5.74, 6) is 0. The zero-order chi connectivity index (χ0) is 11.7. The summed E-state index contributed by atoms with van der Waals surface area (Å²) in [6.07, 6.45) is 1.44. The third-order valence-electron chi connectivity index (χ3n) is 2.70. The lowest BCUT2D eigenvalue weighted by molar-refractivity contribution is -0.0000455. The first kappa shape index (κ1) is 12.3. The molecule has 0 aromatic carbocycles. The first-order valence-electron chi connectivity index (χ1n) is 5.40. The van der Waals surface area contributed by atoms with Crippen molar-refractivity contribution in [3.05, 3.63) is 0 Å². The molecule has 1 rings (SSSR count). The fraction of sp³-hybridized carbons (Fsp3) is 0.909. The summed E-state index contributed by atoms with van der Waals surface area (Å²) in [7, 11) is 0. The average molecular weight is 215 g/mol. The molecule has 1 fully saturated rings. The number of rotatable bonds is 1. The van der Waals surface area contributed by atoms with E-state index in [9.17, 15) is 9.90 Å². The molecule has 0 radical (unpaired) electrons. The minimum absolute atomic E-state index is 0.00770. The molecular formula is C11H21NO3. The second-order valence-electron chi connectivity index (χ2n) is 5.39. The quantitative estimate of drug-likeness (QED) is 0.725. The molecule has 1 N–H and O–H groups in total. The van der Waals surface area contributed by atoms with E-state index in [1.807, 2.05) is 27.7 Å². The fourth-order valence-corrected chi connectivity index (χ4v) is 1.82. The topological polar surface area (TPSA) is 49.8 Å². The normalized spacial score (nSPS) is 26.9. The maximum absolute atomic E-state index is 11.8. The SMILES string of the molecule is CC(C)(C)OC(=O)N1CCC[C@@]1(C)CO. The minimum atomic E-state index is -0.476. The third-order valence-corrected chi connectivity index (χ3v) is 2.70. The van der Waals surface area contributed by atoms with Crippen LogP contribution in [-0.2, 0) is 4.74 Å². The van der Waals surface area contributed by atoms with Gasteiger partial charge in [0.2, 0.25) is 0 Å². The molecule has 1 saturated heterocycles. The van der Waals surface area contributed by atoms with Crippen LogP contribution >= 0.6 is 0 Å². The Kier molecular flexibility index (Phi) is 3.28. The molecule has 0 aliphatic carbocycles. The number of hydrogen-bond donors (Lipinski definition) is 1. The minimum Gasteiger partial charge on any atom is -0.444 e. The van der Waals surface area contributed by atoms with Crippen LogP contribution in [0.4, 0.5) is 4.79 Å². The fourth-order valence-electron chi connectivity index (χ4n) is 1.82. The number of carbonyl (C=O) groups excluding carboxylic acids is 1. The molecular weight excluding hydrogens is 194 g/mol. The Labute approximate surface area is 91.2 Å². The van der Waals surface area contributed by atoms with Gasteiger partial charge in [0.1, 0.15) is 5.60 Å². The molecule has 0 saturated carbocycles. The highest BCUT2D eigenvalue weighted by atomic mass is 16.6. The van der Waals surface area contributed by atoms with E-state index in [-0.39, 0.29) is 12.7 Å².